The Morgan fingerprint density at radius 1 is 1.41 bits per heavy atom. The van der Waals surface area contributed by atoms with Gasteiger partial charge >= 0.3 is 0 Å². The normalized spacial score (nSPS) is 24.3. The van der Waals surface area contributed by atoms with E-state index in [2.05, 4.69) is 12.2 Å². The number of rotatable bonds is 3. The first-order chi connectivity index (χ1) is 8.15. The lowest BCUT2D eigenvalue weighted by Gasteiger charge is -2.28. The van der Waals surface area contributed by atoms with Gasteiger partial charge in [0.05, 0.1) is 11.0 Å². The van der Waals surface area contributed by atoms with Crippen LogP contribution in [-0.4, -0.2) is 23.7 Å². The number of anilines is 1. The van der Waals surface area contributed by atoms with Crippen molar-refractivity contribution in [3.8, 4) is 0 Å². The zero-order valence-corrected chi connectivity index (χ0v) is 9.76. The molecule has 1 heterocycles. The maximum absolute atomic E-state index is 10.5. The molecule has 0 aromatic heterocycles. The zero-order valence-electron chi connectivity index (χ0n) is 9.76. The summed E-state index contributed by atoms with van der Waals surface area (Å²) in [5.74, 6) is 0. The molecule has 5 nitrogen and oxygen atoms in total. The van der Waals surface area contributed by atoms with Gasteiger partial charge in [-0.25, -0.2) is 0 Å². The summed E-state index contributed by atoms with van der Waals surface area (Å²) < 4.78 is 5.47. The van der Waals surface area contributed by atoms with E-state index >= 15 is 0 Å². The Balaban J connectivity index is 1.96. The molecule has 0 amide bonds. The number of hydrogen-bond donors (Lipinski definition) is 1. The van der Waals surface area contributed by atoms with Gasteiger partial charge in [-0.2, -0.15) is 0 Å². The number of nitrogens with one attached hydrogen (secondary N) is 1. The molecule has 0 saturated carbocycles. The van der Waals surface area contributed by atoms with E-state index in [9.17, 15) is 10.1 Å². The fraction of sp³-hybridized carbons (Fsp3) is 0.500. The van der Waals surface area contributed by atoms with Crippen LogP contribution in [0.25, 0.3) is 0 Å². The van der Waals surface area contributed by atoms with E-state index in [1.807, 2.05) is 0 Å². The maximum atomic E-state index is 10.5. The molecule has 0 bridgehead atoms. The lowest BCUT2D eigenvalue weighted by molar-refractivity contribution is -0.384. The van der Waals surface area contributed by atoms with Crippen molar-refractivity contribution in [2.24, 2.45) is 0 Å². The minimum Gasteiger partial charge on any atom is -0.382 e. The third kappa shape index (κ3) is 3.17. The first-order valence-electron chi connectivity index (χ1n) is 5.78. The summed E-state index contributed by atoms with van der Waals surface area (Å²) in [6.07, 6.45) is 2.22. The molecule has 2 rings (SSSR count). The molecule has 2 atom stereocenters. The van der Waals surface area contributed by atoms with Gasteiger partial charge in [-0.1, -0.05) is 0 Å². The average molecular weight is 236 g/mol. The van der Waals surface area contributed by atoms with Gasteiger partial charge in [-0.3, -0.25) is 10.1 Å². The number of hydrogen-bond acceptors (Lipinski definition) is 4. The monoisotopic (exact) mass is 236 g/mol. The van der Waals surface area contributed by atoms with Gasteiger partial charge in [0.1, 0.15) is 0 Å². The fourth-order valence-corrected chi connectivity index (χ4v) is 2.04. The summed E-state index contributed by atoms with van der Waals surface area (Å²) in [6.45, 7) is 2.83. The smallest absolute Gasteiger partial charge is 0.269 e. The number of ether oxygens (including phenoxy) is 1. The number of benzene rings is 1. The van der Waals surface area contributed by atoms with Crippen molar-refractivity contribution in [3.05, 3.63) is 34.4 Å². The van der Waals surface area contributed by atoms with Gasteiger partial charge in [-0.15, -0.1) is 0 Å². The van der Waals surface area contributed by atoms with E-state index < -0.39 is 0 Å². The van der Waals surface area contributed by atoms with Crippen LogP contribution in [0, 0.1) is 10.1 Å². The van der Waals surface area contributed by atoms with E-state index in [4.69, 9.17) is 4.74 Å². The number of non-ortho nitro benzene ring substituents is 1. The van der Waals surface area contributed by atoms with E-state index in [1.165, 1.54) is 12.1 Å². The van der Waals surface area contributed by atoms with Crippen molar-refractivity contribution in [1.29, 1.82) is 0 Å². The largest absolute Gasteiger partial charge is 0.382 e. The lowest BCUT2D eigenvalue weighted by atomic mass is 10.0. The predicted octanol–water partition coefficient (Wildman–Crippen LogP) is 2.57. The van der Waals surface area contributed by atoms with Gasteiger partial charge < -0.3 is 10.1 Å². The molecule has 0 radical (unpaired) electrons. The van der Waals surface area contributed by atoms with Crippen molar-refractivity contribution in [1.82, 2.24) is 0 Å². The van der Waals surface area contributed by atoms with E-state index in [1.54, 1.807) is 12.1 Å². The van der Waals surface area contributed by atoms with Crippen LogP contribution in [-0.2, 0) is 4.74 Å². The molecule has 0 spiro atoms. The Kier molecular flexibility index (Phi) is 3.58. The minimum atomic E-state index is -0.389. The van der Waals surface area contributed by atoms with Crippen LogP contribution in [0.1, 0.15) is 19.8 Å². The Morgan fingerprint density at radius 2 is 2.12 bits per heavy atom. The molecule has 2 unspecified atom stereocenters. The Hall–Kier alpha value is -1.62. The molecule has 1 aromatic rings. The van der Waals surface area contributed by atoms with Gasteiger partial charge in [0, 0.05) is 30.5 Å². The fourth-order valence-electron chi connectivity index (χ4n) is 2.04. The van der Waals surface area contributed by atoms with E-state index in [0.29, 0.717) is 6.04 Å². The second kappa shape index (κ2) is 5.14. The predicted molar refractivity (Wildman–Crippen MR) is 65.2 cm³/mol. The summed E-state index contributed by atoms with van der Waals surface area (Å²) in [4.78, 5) is 10.1. The van der Waals surface area contributed by atoms with Crippen molar-refractivity contribution >= 4 is 11.4 Å². The topological polar surface area (TPSA) is 64.4 Å². The summed E-state index contributed by atoms with van der Waals surface area (Å²) in [7, 11) is 0. The summed E-state index contributed by atoms with van der Waals surface area (Å²) in [5, 5.41) is 13.9. The van der Waals surface area contributed by atoms with Crippen molar-refractivity contribution in [2.45, 2.75) is 31.9 Å². The quantitative estimate of drug-likeness (QED) is 0.647. The van der Waals surface area contributed by atoms with E-state index in [-0.39, 0.29) is 16.7 Å². The highest BCUT2D eigenvalue weighted by Crippen LogP contribution is 2.20. The van der Waals surface area contributed by atoms with Crippen molar-refractivity contribution in [3.63, 3.8) is 0 Å². The molecule has 1 aliphatic heterocycles. The molecular weight excluding hydrogens is 220 g/mol. The number of nitro groups is 1. The van der Waals surface area contributed by atoms with Crippen LogP contribution < -0.4 is 5.32 Å². The molecule has 92 valence electrons. The Morgan fingerprint density at radius 3 is 2.71 bits per heavy atom. The van der Waals surface area contributed by atoms with Gasteiger partial charge in [-0.05, 0) is 31.9 Å². The molecule has 0 aliphatic carbocycles. The van der Waals surface area contributed by atoms with Crippen molar-refractivity contribution in [2.75, 3.05) is 11.9 Å². The molecule has 17 heavy (non-hydrogen) atoms. The molecule has 1 aromatic carbocycles. The van der Waals surface area contributed by atoms with Crippen LogP contribution >= 0.6 is 0 Å². The average Bonchev–Trinajstić information content (AvgIpc) is 2.29. The summed E-state index contributed by atoms with van der Waals surface area (Å²) >= 11 is 0. The van der Waals surface area contributed by atoms with E-state index in [0.717, 1.165) is 25.1 Å². The van der Waals surface area contributed by atoms with Crippen LogP contribution in [0.15, 0.2) is 24.3 Å². The maximum Gasteiger partial charge on any atom is 0.269 e. The zero-order chi connectivity index (χ0) is 12.3. The first-order valence-corrected chi connectivity index (χ1v) is 5.78. The minimum absolute atomic E-state index is 0.121. The standard InChI is InChI=1S/C12H16N2O3/c1-9-8-11(6-7-17-9)13-10-2-4-12(5-3-10)14(15)16/h2-5,9,11,13H,6-8H2,1H3. The first kappa shape index (κ1) is 11.9. The third-order valence-corrected chi connectivity index (χ3v) is 2.93. The SMILES string of the molecule is CC1CC(Nc2ccc([N+](=O)[O-])cc2)CCO1. The highest BCUT2D eigenvalue weighted by Gasteiger charge is 2.19. The van der Waals surface area contributed by atoms with Crippen LogP contribution in [0.4, 0.5) is 11.4 Å². The van der Waals surface area contributed by atoms with Crippen LogP contribution in [0.5, 0.6) is 0 Å². The van der Waals surface area contributed by atoms with Crippen LogP contribution in [0.2, 0.25) is 0 Å². The summed E-state index contributed by atoms with van der Waals surface area (Å²) in [5.41, 5.74) is 1.05. The van der Waals surface area contributed by atoms with Gasteiger partial charge in [0.2, 0.25) is 0 Å². The molecule has 1 N–H and O–H groups in total. The van der Waals surface area contributed by atoms with Crippen LogP contribution in [0.3, 0.4) is 0 Å². The Bertz CT molecular complexity index is 391. The Labute approximate surface area is 99.9 Å². The molecule has 5 heteroatoms. The molecule has 1 aliphatic rings. The highest BCUT2D eigenvalue weighted by atomic mass is 16.6. The number of nitro benzene ring substituents is 1. The van der Waals surface area contributed by atoms with Gasteiger partial charge in [0.15, 0.2) is 0 Å². The second-order valence-corrected chi connectivity index (χ2v) is 4.35. The molecule has 1 saturated heterocycles. The summed E-state index contributed by atoms with van der Waals surface area (Å²) in [6, 6.07) is 6.92. The van der Waals surface area contributed by atoms with Crippen molar-refractivity contribution < 1.29 is 9.66 Å². The lowest BCUT2D eigenvalue weighted by Crippen LogP contribution is -2.32. The number of nitrogens with zero attached hydrogens (tertiary/aromatic N) is 1. The third-order valence-electron chi connectivity index (χ3n) is 2.93. The highest BCUT2D eigenvalue weighted by molar-refractivity contribution is 5.49. The van der Waals surface area contributed by atoms with Gasteiger partial charge in [0.25, 0.3) is 5.69 Å². The molecule has 1 fully saturated rings. The molecular formula is C12H16N2O3. The second-order valence-electron chi connectivity index (χ2n) is 4.35.